The van der Waals surface area contributed by atoms with Crippen LogP contribution in [0.15, 0.2) is 0 Å². The van der Waals surface area contributed by atoms with Crippen molar-refractivity contribution in [3.05, 3.63) is 0 Å². The molecule has 1 atom stereocenters. The van der Waals surface area contributed by atoms with Crippen LogP contribution in [0.1, 0.15) is 27.7 Å². The Labute approximate surface area is 76.7 Å². The average molecular weight is 169 g/mol. The minimum Gasteiger partial charge on any atom is -0.382 e. The summed E-state index contributed by atoms with van der Waals surface area (Å²) in [6.45, 7) is 11.0. The van der Waals surface area contributed by atoms with Crippen LogP contribution in [0.4, 0.5) is 0 Å². The molecular formula is C9H20BNO. The Balaban J connectivity index is 2.20. The van der Waals surface area contributed by atoms with Crippen molar-refractivity contribution in [2.45, 2.75) is 45.3 Å². The van der Waals surface area contributed by atoms with Crippen LogP contribution >= 0.6 is 0 Å². The lowest BCUT2D eigenvalue weighted by atomic mass is 9.97. The molecule has 0 aromatic heterocycles. The van der Waals surface area contributed by atoms with Crippen LogP contribution in [0.2, 0.25) is 0 Å². The van der Waals surface area contributed by atoms with E-state index in [0.29, 0.717) is 17.6 Å². The summed E-state index contributed by atoms with van der Waals surface area (Å²) < 4.78 is 5.67. The van der Waals surface area contributed by atoms with Crippen LogP contribution in [0.5, 0.6) is 0 Å². The number of nitrogens with zero attached hydrogens (tertiary/aromatic N) is 1. The maximum Gasteiger partial charge on any atom is 0.138 e. The SMILES string of the molecule is BC(C)OC1CN(C(C)(C)C)C1. The molecule has 0 saturated carbocycles. The van der Waals surface area contributed by atoms with Crippen molar-refractivity contribution in [3.8, 4) is 0 Å². The minimum absolute atomic E-state index is 0.316. The predicted molar refractivity (Wildman–Crippen MR) is 54.2 cm³/mol. The third-order valence-corrected chi connectivity index (χ3v) is 2.26. The van der Waals surface area contributed by atoms with Gasteiger partial charge >= 0.3 is 0 Å². The van der Waals surface area contributed by atoms with Gasteiger partial charge in [0.25, 0.3) is 0 Å². The standard InChI is InChI=1S/C9H20BNO/c1-7(10)12-8-5-11(6-8)9(2,3)4/h7-8H,5-6,10H2,1-4H3. The van der Waals surface area contributed by atoms with Gasteiger partial charge in [0.1, 0.15) is 7.85 Å². The second-order valence-electron chi connectivity index (χ2n) is 4.88. The van der Waals surface area contributed by atoms with E-state index in [0.717, 1.165) is 13.1 Å². The molecule has 0 aromatic rings. The zero-order valence-electron chi connectivity index (χ0n) is 8.92. The maximum atomic E-state index is 5.67. The molecule has 1 heterocycles. The van der Waals surface area contributed by atoms with E-state index in [9.17, 15) is 0 Å². The van der Waals surface area contributed by atoms with Crippen molar-refractivity contribution in [2.75, 3.05) is 13.1 Å². The van der Waals surface area contributed by atoms with Crippen molar-refractivity contribution in [1.82, 2.24) is 4.90 Å². The van der Waals surface area contributed by atoms with Crippen molar-refractivity contribution in [2.24, 2.45) is 0 Å². The van der Waals surface area contributed by atoms with Gasteiger partial charge in [0, 0.05) is 24.6 Å². The molecule has 0 amide bonds. The Morgan fingerprint density at radius 2 is 1.92 bits per heavy atom. The topological polar surface area (TPSA) is 12.5 Å². The highest BCUT2D eigenvalue weighted by Gasteiger charge is 2.34. The van der Waals surface area contributed by atoms with Crippen LogP contribution in [0, 0.1) is 0 Å². The molecule has 0 N–H and O–H groups in total. The number of hydrogen-bond acceptors (Lipinski definition) is 2. The Kier molecular flexibility index (Phi) is 2.84. The molecule has 1 fully saturated rings. The number of likely N-dealkylation sites (tertiary alicyclic amines) is 1. The Morgan fingerprint density at radius 1 is 1.42 bits per heavy atom. The summed E-state index contributed by atoms with van der Waals surface area (Å²) in [6.07, 6.45) is 0.476. The third-order valence-electron chi connectivity index (χ3n) is 2.26. The highest BCUT2D eigenvalue weighted by atomic mass is 16.5. The molecule has 1 unspecified atom stereocenters. The average Bonchev–Trinajstić information content (AvgIpc) is 1.73. The molecule has 1 rings (SSSR count). The van der Waals surface area contributed by atoms with Crippen molar-refractivity contribution in [1.29, 1.82) is 0 Å². The molecule has 3 heteroatoms. The van der Waals surface area contributed by atoms with Crippen molar-refractivity contribution < 1.29 is 4.74 Å². The van der Waals surface area contributed by atoms with E-state index in [2.05, 4.69) is 40.4 Å². The zero-order chi connectivity index (χ0) is 9.35. The van der Waals surface area contributed by atoms with E-state index in [-0.39, 0.29) is 0 Å². The molecule has 70 valence electrons. The van der Waals surface area contributed by atoms with E-state index < -0.39 is 0 Å². The second-order valence-corrected chi connectivity index (χ2v) is 4.88. The summed E-state index contributed by atoms with van der Waals surface area (Å²) >= 11 is 0. The monoisotopic (exact) mass is 169 g/mol. The van der Waals surface area contributed by atoms with Gasteiger partial charge < -0.3 is 4.74 Å². The first-order chi connectivity index (χ1) is 5.39. The second kappa shape index (κ2) is 3.39. The quantitative estimate of drug-likeness (QED) is 0.557. The van der Waals surface area contributed by atoms with Gasteiger partial charge in [-0.25, -0.2) is 0 Å². The molecular weight excluding hydrogens is 149 g/mol. The smallest absolute Gasteiger partial charge is 0.138 e. The molecule has 1 aliphatic heterocycles. The molecule has 0 aliphatic carbocycles. The summed E-state index contributed by atoms with van der Waals surface area (Å²) in [5, 5.41) is 0. The zero-order valence-corrected chi connectivity index (χ0v) is 8.92. The van der Waals surface area contributed by atoms with Gasteiger partial charge in [0.15, 0.2) is 0 Å². The van der Waals surface area contributed by atoms with Crippen molar-refractivity contribution in [3.63, 3.8) is 0 Å². The first-order valence-electron chi connectivity index (χ1n) is 4.80. The van der Waals surface area contributed by atoms with Gasteiger partial charge in [0.2, 0.25) is 0 Å². The summed E-state index contributed by atoms with van der Waals surface area (Å²) in [5.41, 5.74) is 0.316. The molecule has 0 aromatic carbocycles. The molecule has 0 spiro atoms. The molecule has 2 nitrogen and oxygen atoms in total. The van der Waals surface area contributed by atoms with Crippen molar-refractivity contribution >= 4 is 7.85 Å². The van der Waals surface area contributed by atoms with E-state index in [1.54, 1.807) is 0 Å². The lowest BCUT2D eigenvalue weighted by molar-refractivity contribution is -0.0950. The fraction of sp³-hybridized carbons (Fsp3) is 1.00. The Morgan fingerprint density at radius 3 is 2.25 bits per heavy atom. The van der Waals surface area contributed by atoms with Gasteiger partial charge in [-0.3, -0.25) is 4.90 Å². The fourth-order valence-corrected chi connectivity index (χ4v) is 1.46. The molecule has 12 heavy (non-hydrogen) atoms. The molecule has 1 aliphatic rings. The fourth-order valence-electron chi connectivity index (χ4n) is 1.46. The van der Waals surface area contributed by atoms with E-state index in [4.69, 9.17) is 4.74 Å². The lowest BCUT2D eigenvalue weighted by Gasteiger charge is -2.47. The van der Waals surface area contributed by atoms with E-state index >= 15 is 0 Å². The predicted octanol–water partition coefficient (Wildman–Crippen LogP) is 0.465. The summed E-state index contributed by atoms with van der Waals surface area (Å²) in [7, 11) is 2.10. The number of rotatable bonds is 2. The molecule has 0 bridgehead atoms. The first-order valence-corrected chi connectivity index (χ1v) is 4.80. The summed E-state index contributed by atoms with van der Waals surface area (Å²) in [5.74, 6) is 0. The van der Waals surface area contributed by atoms with E-state index in [1.165, 1.54) is 0 Å². The highest BCUT2D eigenvalue weighted by molar-refractivity contribution is 6.10. The van der Waals surface area contributed by atoms with Crippen LogP contribution in [0.3, 0.4) is 0 Å². The minimum atomic E-state index is 0.316. The summed E-state index contributed by atoms with van der Waals surface area (Å²) in [6, 6.07) is 0.372. The van der Waals surface area contributed by atoms with Crippen LogP contribution in [0.25, 0.3) is 0 Å². The van der Waals surface area contributed by atoms with Gasteiger partial charge in [-0.15, -0.1) is 0 Å². The van der Waals surface area contributed by atoms with Crippen LogP contribution < -0.4 is 0 Å². The van der Waals surface area contributed by atoms with Gasteiger partial charge in [-0.05, 0) is 27.7 Å². The Bertz CT molecular complexity index is 147. The molecule has 1 saturated heterocycles. The van der Waals surface area contributed by atoms with Gasteiger partial charge in [0.05, 0.1) is 6.10 Å². The normalized spacial score (nSPS) is 23.7. The lowest BCUT2D eigenvalue weighted by Crippen LogP contribution is -2.60. The molecule has 0 radical (unpaired) electrons. The number of hydrogen-bond donors (Lipinski definition) is 0. The van der Waals surface area contributed by atoms with Crippen LogP contribution in [-0.4, -0.2) is 43.5 Å². The van der Waals surface area contributed by atoms with Gasteiger partial charge in [-0.2, -0.15) is 0 Å². The van der Waals surface area contributed by atoms with E-state index in [1.807, 2.05) is 0 Å². The third kappa shape index (κ3) is 2.49. The largest absolute Gasteiger partial charge is 0.382 e. The van der Waals surface area contributed by atoms with Crippen LogP contribution in [-0.2, 0) is 4.74 Å². The number of ether oxygens (including phenoxy) is 1. The van der Waals surface area contributed by atoms with Gasteiger partial charge in [-0.1, -0.05) is 0 Å². The highest BCUT2D eigenvalue weighted by Crippen LogP contribution is 2.22. The Hall–Kier alpha value is -0.0151. The summed E-state index contributed by atoms with van der Waals surface area (Å²) in [4.78, 5) is 2.44. The maximum absolute atomic E-state index is 5.67. The first kappa shape index (κ1) is 10.1.